The van der Waals surface area contributed by atoms with E-state index in [1.54, 1.807) is 42.5 Å². The number of nitrogens with two attached hydrogens (primary N) is 1. The van der Waals surface area contributed by atoms with Crippen LogP contribution in [0.1, 0.15) is 29.6 Å². The van der Waals surface area contributed by atoms with Crippen molar-refractivity contribution in [2.24, 2.45) is 5.73 Å². The van der Waals surface area contributed by atoms with Gasteiger partial charge in [-0.2, -0.15) is 0 Å². The smallest absolute Gasteiger partial charge is 0.255 e. The SMILES string of the molecule is COc1ccccc1C(=O)NCCCOc1ccc(S(=O)C2(C(N)=O)CCOCC2)cc1. The van der Waals surface area contributed by atoms with Gasteiger partial charge < -0.3 is 25.3 Å². The molecule has 2 aromatic carbocycles. The number of para-hydroxylation sites is 1. The Morgan fingerprint density at radius 1 is 1.12 bits per heavy atom. The van der Waals surface area contributed by atoms with E-state index < -0.39 is 21.5 Å². The molecule has 1 atom stereocenters. The lowest BCUT2D eigenvalue weighted by Crippen LogP contribution is -2.51. The number of carbonyl (C=O) groups is 2. The van der Waals surface area contributed by atoms with E-state index >= 15 is 0 Å². The second-order valence-electron chi connectivity index (χ2n) is 7.37. The number of ether oxygens (including phenoxy) is 3. The van der Waals surface area contributed by atoms with Crippen LogP contribution < -0.4 is 20.5 Å². The number of nitrogens with one attached hydrogen (secondary N) is 1. The molecule has 1 heterocycles. The third-order valence-corrected chi connectivity index (χ3v) is 7.39. The molecule has 1 fully saturated rings. The molecule has 1 unspecified atom stereocenters. The Labute approximate surface area is 189 Å². The van der Waals surface area contributed by atoms with E-state index in [0.29, 0.717) is 67.6 Å². The number of hydrogen-bond acceptors (Lipinski definition) is 6. The van der Waals surface area contributed by atoms with Crippen molar-refractivity contribution in [2.75, 3.05) is 33.5 Å². The van der Waals surface area contributed by atoms with Crippen molar-refractivity contribution >= 4 is 22.6 Å². The minimum Gasteiger partial charge on any atom is -0.496 e. The Bertz CT molecular complexity index is 957. The lowest BCUT2D eigenvalue weighted by atomic mass is 9.98. The minimum atomic E-state index is -1.57. The minimum absolute atomic E-state index is 0.203. The zero-order valence-electron chi connectivity index (χ0n) is 18.0. The first-order valence-corrected chi connectivity index (χ1v) is 11.6. The molecule has 3 rings (SSSR count). The summed E-state index contributed by atoms with van der Waals surface area (Å²) >= 11 is 0. The number of hydrogen-bond donors (Lipinski definition) is 2. The fraction of sp³-hybridized carbons (Fsp3) is 0.391. The third-order valence-electron chi connectivity index (χ3n) is 5.37. The predicted octanol–water partition coefficient (Wildman–Crippen LogP) is 2.04. The first-order valence-electron chi connectivity index (χ1n) is 10.4. The Morgan fingerprint density at radius 3 is 2.47 bits per heavy atom. The van der Waals surface area contributed by atoms with Gasteiger partial charge in [0.05, 0.1) is 30.1 Å². The van der Waals surface area contributed by atoms with Gasteiger partial charge in [-0.15, -0.1) is 0 Å². The van der Waals surface area contributed by atoms with Gasteiger partial charge in [0.25, 0.3) is 5.91 Å². The summed E-state index contributed by atoms with van der Waals surface area (Å²) in [6.45, 7) is 1.58. The number of rotatable bonds is 10. The number of primary amides is 1. The van der Waals surface area contributed by atoms with Crippen LogP contribution in [0, 0.1) is 0 Å². The molecule has 0 spiro atoms. The van der Waals surface area contributed by atoms with Crippen LogP contribution in [0.5, 0.6) is 11.5 Å². The van der Waals surface area contributed by atoms with E-state index in [9.17, 15) is 13.8 Å². The van der Waals surface area contributed by atoms with Crippen molar-refractivity contribution in [3.05, 3.63) is 54.1 Å². The van der Waals surface area contributed by atoms with Gasteiger partial charge in [0.2, 0.25) is 5.91 Å². The summed E-state index contributed by atoms with van der Waals surface area (Å²) in [6.07, 6.45) is 1.29. The highest BCUT2D eigenvalue weighted by Gasteiger charge is 2.45. The Kier molecular flexibility index (Phi) is 8.24. The lowest BCUT2D eigenvalue weighted by Gasteiger charge is -2.33. The zero-order valence-corrected chi connectivity index (χ0v) is 18.8. The Hall–Kier alpha value is -2.91. The summed E-state index contributed by atoms with van der Waals surface area (Å²) < 4.78 is 28.2. The van der Waals surface area contributed by atoms with Gasteiger partial charge in [-0.3, -0.25) is 13.8 Å². The molecule has 8 nitrogen and oxygen atoms in total. The van der Waals surface area contributed by atoms with Gasteiger partial charge in [-0.25, -0.2) is 0 Å². The van der Waals surface area contributed by atoms with Crippen molar-refractivity contribution in [1.82, 2.24) is 5.32 Å². The number of methoxy groups -OCH3 is 1. The monoisotopic (exact) mass is 460 g/mol. The second kappa shape index (κ2) is 11.1. The standard InChI is InChI=1S/C23H28N2O6S/c1-29-20-6-3-2-5-19(20)21(26)25-13-4-14-31-17-7-9-18(10-8-17)32(28)23(22(24)27)11-15-30-16-12-23/h2-3,5-10H,4,11-16H2,1H3,(H2,24,27)(H,25,26). The highest BCUT2D eigenvalue weighted by atomic mass is 32.2. The number of carbonyl (C=O) groups excluding carboxylic acids is 2. The molecule has 0 radical (unpaired) electrons. The average molecular weight is 461 g/mol. The Balaban J connectivity index is 1.47. The van der Waals surface area contributed by atoms with Crippen LogP contribution in [-0.4, -0.2) is 54.2 Å². The molecule has 0 bridgehead atoms. The van der Waals surface area contributed by atoms with E-state index in [4.69, 9.17) is 19.9 Å². The molecule has 0 aromatic heterocycles. The van der Waals surface area contributed by atoms with Crippen molar-refractivity contribution in [3.8, 4) is 11.5 Å². The molecular weight excluding hydrogens is 432 g/mol. The summed E-state index contributed by atoms with van der Waals surface area (Å²) in [6, 6.07) is 13.8. The molecule has 2 amide bonds. The first kappa shape index (κ1) is 23.7. The van der Waals surface area contributed by atoms with Crippen LogP contribution in [0.4, 0.5) is 0 Å². The summed E-state index contributed by atoms with van der Waals surface area (Å²) in [4.78, 5) is 24.8. The zero-order chi connectivity index (χ0) is 23.0. The summed E-state index contributed by atoms with van der Waals surface area (Å²) in [5.74, 6) is 0.375. The molecule has 0 saturated carbocycles. The van der Waals surface area contributed by atoms with E-state index in [1.807, 2.05) is 6.07 Å². The largest absolute Gasteiger partial charge is 0.496 e. The average Bonchev–Trinajstić information content (AvgIpc) is 2.84. The first-order chi connectivity index (χ1) is 15.5. The van der Waals surface area contributed by atoms with Crippen molar-refractivity contribution in [2.45, 2.75) is 28.9 Å². The van der Waals surface area contributed by atoms with Gasteiger partial charge >= 0.3 is 0 Å². The van der Waals surface area contributed by atoms with Crippen LogP contribution >= 0.6 is 0 Å². The molecule has 3 N–H and O–H groups in total. The van der Waals surface area contributed by atoms with Crippen LogP contribution in [0.25, 0.3) is 0 Å². The molecule has 2 aromatic rings. The van der Waals surface area contributed by atoms with Crippen LogP contribution in [-0.2, 0) is 20.3 Å². The third kappa shape index (κ3) is 5.46. The quantitative estimate of drug-likeness (QED) is 0.524. The topological polar surface area (TPSA) is 117 Å². The maximum absolute atomic E-state index is 13.1. The molecule has 1 saturated heterocycles. The molecule has 1 aliphatic heterocycles. The Morgan fingerprint density at radius 2 is 1.81 bits per heavy atom. The maximum Gasteiger partial charge on any atom is 0.255 e. The number of benzene rings is 2. The molecule has 0 aliphatic carbocycles. The molecule has 172 valence electrons. The lowest BCUT2D eigenvalue weighted by molar-refractivity contribution is -0.122. The van der Waals surface area contributed by atoms with Crippen LogP contribution in [0.2, 0.25) is 0 Å². The van der Waals surface area contributed by atoms with Gasteiger partial charge in [0, 0.05) is 24.7 Å². The van der Waals surface area contributed by atoms with Crippen molar-refractivity contribution in [3.63, 3.8) is 0 Å². The molecule has 32 heavy (non-hydrogen) atoms. The predicted molar refractivity (Wildman–Crippen MR) is 120 cm³/mol. The van der Waals surface area contributed by atoms with E-state index in [1.165, 1.54) is 7.11 Å². The normalized spacial score (nSPS) is 16.0. The molecule has 1 aliphatic rings. The molecule has 9 heteroatoms. The van der Waals surface area contributed by atoms with E-state index in [-0.39, 0.29) is 5.91 Å². The fourth-order valence-electron chi connectivity index (χ4n) is 3.50. The highest BCUT2D eigenvalue weighted by molar-refractivity contribution is 7.87. The van der Waals surface area contributed by atoms with E-state index in [0.717, 1.165) is 0 Å². The van der Waals surface area contributed by atoms with Crippen molar-refractivity contribution in [1.29, 1.82) is 0 Å². The van der Waals surface area contributed by atoms with Crippen LogP contribution in [0.15, 0.2) is 53.4 Å². The van der Waals surface area contributed by atoms with Gasteiger partial charge in [0.1, 0.15) is 16.2 Å². The summed E-state index contributed by atoms with van der Waals surface area (Å²) in [5.41, 5.74) is 6.07. The molecular formula is C23H28N2O6S. The van der Waals surface area contributed by atoms with Crippen molar-refractivity contribution < 1.29 is 28.0 Å². The summed E-state index contributed by atoms with van der Waals surface area (Å²) in [5, 5.41) is 2.84. The second-order valence-corrected chi connectivity index (χ2v) is 9.16. The van der Waals surface area contributed by atoms with E-state index in [2.05, 4.69) is 5.32 Å². The summed E-state index contributed by atoms with van der Waals surface area (Å²) in [7, 11) is -0.0440. The number of amides is 2. The van der Waals surface area contributed by atoms with Crippen LogP contribution in [0.3, 0.4) is 0 Å². The van der Waals surface area contributed by atoms with Gasteiger partial charge in [-0.1, -0.05) is 12.1 Å². The van der Waals surface area contributed by atoms with Gasteiger partial charge in [-0.05, 0) is 55.7 Å². The highest BCUT2D eigenvalue weighted by Crippen LogP contribution is 2.32. The maximum atomic E-state index is 13.1. The van der Waals surface area contributed by atoms with Gasteiger partial charge in [0.15, 0.2) is 0 Å². The fourth-order valence-corrected chi connectivity index (χ4v) is 5.06.